The van der Waals surface area contributed by atoms with Gasteiger partial charge in [0, 0.05) is 13.1 Å². The van der Waals surface area contributed by atoms with Gasteiger partial charge in [-0.15, -0.1) is 0 Å². The number of piperidine rings is 1. The second-order valence-electron chi connectivity index (χ2n) is 5.57. The number of benzene rings is 1. The number of likely N-dealkylation sites (tertiary alicyclic amines) is 1. The van der Waals surface area contributed by atoms with Crippen LogP contribution in [0.15, 0.2) is 24.3 Å². The van der Waals surface area contributed by atoms with Gasteiger partial charge in [-0.2, -0.15) is 13.2 Å². The third kappa shape index (κ3) is 3.96. The summed E-state index contributed by atoms with van der Waals surface area (Å²) in [5.41, 5.74) is 0.269. The minimum Gasteiger partial charge on any atom is -0.393 e. The van der Waals surface area contributed by atoms with Crippen molar-refractivity contribution in [2.75, 3.05) is 13.1 Å². The third-order valence-electron chi connectivity index (χ3n) is 3.91. The van der Waals surface area contributed by atoms with Gasteiger partial charge in [-0.25, -0.2) is 0 Å². The van der Waals surface area contributed by atoms with Gasteiger partial charge in [0.15, 0.2) is 0 Å². The van der Waals surface area contributed by atoms with E-state index in [-0.39, 0.29) is 12.0 Å². The van der Waals surface area contributed by atoms with Gasteiger partial charge in [0.05, 0.1) is 11.7 Å². The topological polar surface area (TPSA) is 23.5 Å². The summed E-state index contributed by atoms with van der Waals surface area (Å²) in [6, 6.07) is 5.33. The number of rotatable bonds is 3. The van der Waals surface area contributed by atoms with E-state index in [4.69, 9.17) is 0 Å². The highest BCUT2D eigenvalue weighted by molar-refractivity contribution is 5.24. The standard InChI is InChI=1S/C15H20F3NO/c1-11(20)13-3-2-8-19(10-13)9-12-4-6-14(7-5-12)15(16,17)18/h4-7,11,13,20H,2-3,8-10H2,1H3. The number of hydrogen-bond acceptors (Lipinski definition) is 2. The van der Waals surface area contributed by atoms with Crippen molar-refractivity contribution in [2.45, 2.75) is 38.6 Å². The molecule has 1 aliphatic rings. The lowest BCUT2D eigenvalue weighted by molar-refractivity contribution is -0.137. The maximum atomic E-state index is 12.5. The van der Waals surface area contributed by atoms with Crippen LogP contribution in [0.25, 0.3) is 0 Å². The van der Waals surface area contributed by atoms with Gasteiger partial charge in [-0.3, -0.25) is 4.90 Å². The summed E-state index contributed by atoms with van der Waals surface area (Å²) in [6.45, 7) is 4.18. The molecule has 2 nitrogen and oxygen atoms in total. The van der Waals surface area contributed by atoms with Crippen molar-refractivity contribution in [1.82, 2.24) is 4.90 Å². The molecule has 1 heterocycles. The molecular weight excluding hydrogens is 267 g/mol. The molecular formula is C15H20F3NO. The molecule has 1 N–H and O–H groups in total. The Morgan fingerprint density at radius 3 is 2.50 bits per heavy atom. The Morgan fingerprint density at radius 2 is 1.95 bits per heavy atom. The summed E-state index contributed by atoms with van der Waals surface area (Å²) in [5.74, 6) is 0.262. The second kappa shape index (κ2) is 6.14. The first-order valence-corrected chi connectivity index (χ1v) is 6.93. The highest BCUT2D eigenvalue weighted by atomic mass is 19.4. The summed E-state index contributed by atoms with van der Waals surface area (Å²) in [6.07, 6.45) is -2.57. The zero-order valence-electron chi connectivity index (χ0n) is 11.5. The minimum absolute atomic E-state index is 0.262. The molecule has 112 valence electrons. The number of aliphatic hydroxyl groups is 1. The van der Waals surface area contributed by atoms with E-state index in [2.05, 4.69) is 4.90 Å². The normalized spacial score (nSPS) is 22.8. The van der Waals surface area contributed by atoms with Crippen LogP contribution in [0.1, 0.15) is 30.9 Å². The van der Waals surface area contributed by atoms with Crippen LogP contribution in [0.2, 0.25) is 0 Å². The van der Waals surface area contributed by atoms with Crippen LogP contribution in [0, 0.1) is 5.92 Å². The number of aliphatic hydroxyl groups excluding tert-OH is 1. The predicted molar refractivity (Wildman–Crippen MR) is 71.1 cm³/mol. The molecule has 1 aromatic rings. The van der Waals surface area contributed by atoms with E-state index in [1.54, 1.807) is 6.92 Å². The molecule has 1 fully saturated rings. The SMILES string of the molecule is CC(O)C1CCCN(Cc2ccc(C(F)(F)F)cc2)C1. The van der Waals surface area contributed by atoms with Gasteiger partial charge in [0.1, 0.15) is 0 Å². The summed E-state index contributed by atoms with van der Waals surface area (Å²) >= 11 is 0. The lowest BCUT2D eigenvalue weighted by Gasteiger charge is -2.34. The van der Waals surface area contributed by atoms with Gasteiger partial charge in [-0.05, 0) is 49.9 Å². The smallest absolute Gasteiger partial charge is 0.393 e. The van der Waals surface area contributed by atoms with Crippen LogP contribution >= 0.6 is 0 Å². The lowest BCUT2D eigenvalue weighted by atomic mass is 9.93. The molecule has 1 aliphatic heterocycles. The monoisotopic (exact) mass is 287 g/mol. The molecule has 2 unspecified atom stereocenters. The van der Waals surface area contributed by atoms with Crippen molar-refractivity contribution in [3.8, 4) is 0 Å². The predicted octanol–water partition coefficient (Wildman–Crippen LogP) is 3.30. The van der Waals surface area contributed by atoms with Crippen LogP contribution in [0.3, 0.4) is 0 Å². The first-order chi connectivity index (χ1) is 9.36. The van der Waals surface area contributed by atoms with E-state index < -0.39 is 11.7 Å². The maximum absolute atomic E-state index is 12.5. The zero-order chi connectivity index (χ0) is 14.8. The Bertz CT molecular complexity index is 428. The van der Waals surface area contributed by atoms with Gasteiger partial charge in [0.25, 0.3) is 0 Å². The molecule has 0 radical (unpaired) electrons. The average molecular weight is 287 g/mol. The van der Waals surface area contributed by atoms with Gasteiger partial charge >= 0.3 is 6.18 Å². The van der Waals surface area contributed by atoms with Crippen molar-refractivity contribution in [3.63, 3.8) is 0 Å². The summed E-state index contributed by atoms with van der Waals surface area (Å²) in [5, 5.41) is 9.64. The molecule has 0 spiro atoms. The molecule has 1 saturated heterocycles. The Morgan fingerprint density at radius 1 is 1.30 bits per heavy atom. The molecule has 0 saturated carbocycles. The Kier molecular flexibility index (Phi) is 4.70. The molecule has 0 aliphatic carbocycles. The Hall–Kier alpha value is -1.07. The van der Waals surface area contributed by atoms with Gasteiger partial charge in [0.2, 0.25) is 0 Å². The maximum Gasteiger partial charge on any atom is 0.416 e. The fraction of sp³-hybridized carbons (Fsp3) is 0.600. The number of halogens is 3. The average Bonchev–Trinajstić information content (AvgIpc) is 2.38. The van der Waals surface area contributed by atoms with Crippen LogP contribution in [0.5, 0.6) is 0 Å². The van der Waals surface area contributed by atoms with E-state index in [0.29, 0.717) is 6.54 Å². The lowest BCUT2D eigenvalue weighted by Crippen LogP contribution is -2.39. The molecule has 0 bridgehead atoms. The Balaban J connectivity index is 1.96. The first kappa shape index (κ1) is 15.3. The van der Waals surface area contributed by atoms with Crippen molar-refractivity contribution < 1.29 is 18.3 Å². The molecule has 2 rings (SSSR count). The fourth-order valence-corrected chi connectivity index (χ4v) is 2.69. The van der Waals surface area contributed by atoms with E-state index in [1.165, 1.54) is 12.1 Å². The van der Waals surface area contributed by atoms with Crippen molar-refractivity contribution in [1.29, 1.82) is 0 Å². The number of alkyl halides is 3. The van der Waals surface area contributed by atoms with Crippen LogP contribution < -0.4 is 0 Å². The highest BCUT2D eigenvalue weighted by Crippen LogP contribution is 2.29. The van der Waals surface area contributed by atoms with E-state index in [0.717, 1.165) is 43.6 Å². The third-order valence-corrected chi connectivity index (χ3v) is 3.91. The van der Waals surface area contributed by atoms with E-state index in [1.807, 2.05) is 0 Å². The number of hydrogen-bond donors (Lipinski definition) is 1. The second-order valence-corrected chi connectivity index (χ2v) is 5.57. The molecule has 2 atom stereocenters. The van der Waals surface area contributed by atoms with E-state index >= 15 is 0 Å². The molecule has 5 heteroatoms. The van der Waals surface area contributed by atoms with Crippen molar-refractivity contribution in [3.05, 3.63) is 35.4 Å². The largest absolute Gasteiger partial charge is 0.416 e. The van der Waals surface area contributed by atoms with E-state index in [9.17, 15) is 18.3 Å². The fourth-order valence-electron chi connectivity index (χ4n) is 2.69. The summed E-state index contributed by atoms with van der Waals surface area (Å²) in [7, 11) is 0. The van der Waals surface area contributed by atoms with Crippen LogP contribution in [-0.4, -0.2) is 29.2 Å². The quantitative estimate of drug-likeness (QED) is 0.922. The minimum atomic E-state index is -4.28. The Labute approximate surface area is 117 Å². The number of nitrogens with zero attached hydrogens (tertiary/aromatic N) is 1. The summed E-state index contributed by atoms with van der Waals surface area (Å²) < 4.78 is 37.4. The molecule has 20 heavy (non-hydrogen) atoms. The molecule has 1 aromatic carbocycles. The van der Waals surface area contributed by atoms with Crippen molar-refractivity contribution in [2.24, 2.45) is 5.92 Å². The van der Waals surface area contributed by atoms with Crippen LogP contribution in [0.4, 0.5) is 13.2 Å². The molecule has 0 aromatic heterocycles. The van der Waals surface area contributed by atoms with Gasteiger partial charge in [-0.1, -0.05) is 12.1 Å². The van der Waals surface area contributed by atoms with Gasteiger partial charge < -0.3 is 5.11 Å². The highest BCUT2D eigenvalue weighted by Gasteiger charge is 2.30. The van der Waals surface area contributed by atoms with Crippen LogP contribution in [-0.2, 0) is 12.7 Å². The van der Waals surface area contributed by atoms with Crippen molar-refractivity contribution >= 4 is 0 Å². The first-order valence-electron chi connectivity index (χ1n) is 6.93. The zero-order valence-corrected chi connectivity index (χ0v) is 11.5. The molecule has 0 amide bonds. The summed E-state index contributed by atoms with van der Waals surface area (Å²) in [4.78, 5) is 2.20.